The van der Waals surface area contributed by atoms with Gasteiger partial charge in [-0.2, -0.15) is 0 Å². The molecular formula is C14H12FNO4S2. The molecule has 1 aliphatic heterocycles. The van der Waals surface area contributed by atoms with Gasteiger partial charge in [-0.25, -0.2) is 25.9 Å². The van der Waals surface area contributed by atoms with Crippen LogP contribution in [0.2, 0.25) is 0 Å². The summed E-state index contributed by atoms with van der Waals surface area (Å²) in [6, 6.07) is 10.2. The summed E-state index contributed by atoms with van der Waals surface area (Å²) in [4.78, 5) is -0.395. The summed E-state index contributed by atoms with van der Waals surface area (Å²) >= 11 is 0. The van der Waals surface area contributed by atoms with Crippen LogP contribution < -0.4 is 4.72 Å². The van der Waals surface area contributed by atoms with E-state index in [0.29, 0.717) is 5.56 Å². The first-order valence-corrected chi connectivity index (χ1v) is 9.53. The van der Waals surface area contributed by atoms with Crippen LogP contribution in [0.4, 0.5) is 4.39 Å². The second kappa shape index (κ2) is 5.15. The van der Waals surface area contributed by atoms with Crippen molar-refractivity contribution in [3.63, 3.8) is 0 Å². The van der Waals surface area contributed by atoms with Crippen LogP contribution in [-0.4, -0.2) is 22.6 Å². The number of benzene rings is 2. The van der Waals surface area contributed by atoms with Crippen molar-refractivity contribution in [2.45, 2.75) is 15.8 Å². The lowest BCUT2D eigenvalue weighted by atomic mass is 10.1. The van der Waals surface area contributed by atoms with Crippen LogP contribution in [0.25, 0.3) is 0 Å². The van der Waals surface area contributed by atoms with Gasteiger partial charge in [-0.15, -0.1) is 0 Å². The number of hydrogen-bond donors (Lipinski definition) is 1. The van der Waals surface area contributed by atoms with Gasteiger partial charge < -0.3 is 0 Å². The molecular weight excluding hydrogens is 329 g/mol. The molecule has 1 heterocycles. The molecule has 3 rings (SSSR count). The van der Waals surface area contributed by atoms with E-state index in [9.17, 15) is 21.2 Å². The maximum absolute atomic E-state index is 13.7. The van der Waals surface area contributed by atoms with Crippen LogP contribution in [0.3, 0.4) is 0 Å². The van der Waals surface area contributed by atoms with Gasteiger partial charge in [-0.1, -0.05) is 30.3 Å². The van der Waals surface area contributed by atoms with Crippen molar-refractivity contribution >= 4 is 19.9 Å². The van der Waals surface area contributed by atoms with Gasteiger partial charge in [0.15, 0.2) is 9.84 Å². The summed E-state index contributed by atoms with van der Waals surface area (Å²) in [6.07, 6.45) is 0. The van der Waals surface area contributed by atoms with E-state index in [1.807, 2.05) is 0 Å². The Hall–Kier alpha value is -1.77. The molecule has 2 aromatic carbocycles. The Balaban J connectivity index is 2.00. The minimum absolute atomic E-state index is 0.108. The molecule has 1 N–H and O–H groups in total. The van der Waals surface area contributed by atoms with Crippen LogP contribution in [0.1, 0.15) is 11.6 Å². The van der Waals surface area contributed by atoms with Gasteiger partial charge in [0.2, 0.25) is 10.0 Å². The third-order valence-electron chi connectivity index (χ3n) is 3.44. The Bertz CT molecular complexity index is 939. The normalized spacial score (nSPS) is 19.8. The standard InChI is InChI=1S/C14H12FNO4S2/c15-11-6-2-4-8-14(11)22(19,20)16-12-9-21(17,18)13-7-3-1-5-10(12)13/h1-8,12,16H,9H2/t12-/m0/s1. The van der Waals surface area contributed by atoms with E-state index in [0.717, 1.165) is 12.1 Å². The molecule has 5 nitrogen and oxygen atoms in total. The second-order valence-electron chi connectivity index (χ2n) is 4.92. The van der Waals surface area contributed by atoms with E-state index in [1.54, 1.807) is 18.2 Å². The zero-order chi connectivity index (χ0) is 16.0. The number of sulfone groups is 1. The smallest absolute Gasteiger partial charge is 0.224 e. The largest absolute Gasteiger partial charge is 0.244 e. The summed E-state index contributed by atoms with van der Waals surface area (Å²) < 4.78 is 64.6. The molecule has 2 aromatic rings. The fourth-order valence-corrected chi connectivity index (χ4v) is 5.60. The molecule has 0 saturated heterocycles. The monoisotopic (exact) mass is 341 g/mol. The van der Waals surface area contributed by atoms with Gasteiger partial charge in [-0.05, 0) is 23.8 Å². The molecule has 0 saturated carbocycles. The first kappa shape index (κ1) is 15.1. The number of halogens is 1. The molecule has 0 unspecified atom stereocenters. The first-order chi connectivity index (χ1) is 10.3. The van der Waals surface area contributed by atoms with Crippen molar-refractivity contribution in [2.75, 3.05) is 5.75 Å². The van der Waals surface area contributed by atoms with E-state index < -0.39 is 36.6 Å². The molecule has 1 atom stereocenters. The Labute approximate surface area is 127 Å². The minimum atomic E-state index is -4.16. The summed E-state index contributed by atoms with van der Waals surface area (Å²) in [6.45, 7) is 0. The average molecular weight is 341 g/mol. The highest BCUT2D eigenvalue weighted by molar-refractivity contribution is 7.92. The van der Waals surface area contributed by atoms with Crippen LogP contribution in [0.15, 0.2) is 58.3 Å². The number of fused-ring (bicyclic) bond motifs is 1. The summed E-state index contributed by atoms with van der Waals surface area (Å²) in [5.74, 6) is -1.26. The zero-order valence-corrected chi connectivity index (χ0v) is 12.9. The maximum atomic E-state index is 13.7. The van der Waals surface area contributed by atoms with Crippen molar-refractivity contribution in [3.05, 3.63) is 59.9 Å². The summed E-state index contributed by atoms with van der Waals surface area (Å²) in [5, 5.41) is 0. The molecule has 116 valence electrons. The van der Waals surface area contributed by atoms with Crippen molar-refractivity contribution in [1.82, 2.24) is 4.72 Å². The minimum Gasteiger partial charge on any atom is -0.224 e. The zero-order valence-electron chi connectivity index (χ0n) is 11.2. The Morgan fingerprint density at radius 3 is 2.41 bits per heavy atom. The Morgan fingerprint density at radius 2 is 1.68 bits per heavy atom. The van der Waals surface area contributed by atoms with E-state index in [-0.39, 0.29) is 10.6 Å². The third kappa shape index (κ3) is 2.53. The predicted octanol–water partition coefficient (Wildman–Crippen LogP) is 1.63. The molecule has 0 aliphatic carbocycles. The molecule has 8 heteroatoms. The van der Waals surface area contributed by atoms with E-state index >= 15 is 0 Å². The summed E-state index contributed by atoms with van der Waals surface area (Å²) in [5.41, 5.74) is 0.377. The van der Waals surface area contributed by atoms with Gasteiger partial charge >= 0.3 is 0 Å². The molecule has 0 amide bonds. The van der Waals surface area contributed by atoms with E-state index in [1.165, 1.54) is 18.2 Å². The second-order valence-corrected chi connectivity index (χ2v) is 8.61. The highest BCUT2D eigenvalue weighted by atomic mass is 32.2. The van der Waals surface area contributed by atoms with Crippen molar-refractivity contribution in [3.8, 4) is 0 Å². The highest BCUT2D eigenvalue weighted by Crippen LogP contribution is 2.34. The van der Waals surface area contributed by atoms with Gasteiger partial charge in [0.1, 0.15) is 10.7 Å². The number of nitrogens with one attached hydrogen (secondary N) is 1. The predicted molar refractivity (Wildman–Crippen MR) is 78.0 cm³/mol. The van der Waals surface area contributed by atoms with Crippen LogP contribution in [0, 0.1) is 5.82 Å². The van der Waals surface area contributed by atoms with Gasteiger partial charge in [0, 0.05) is 0 Å². The number of sulfonamides is 1. The number of hydrogen-bond acceptors (Lipinski definition) is 4. The fourth-order valence-electron chi connectivity index (χ4n) is 2.46. The van der Waals surface area contributed by atoms with Crippen LogP contribution in [-0.2, 0) is 19.9 Å². The lowest BCUT2D eigenvalue weighted by Crippen LogP contribution is -2.30. The molecule has 0 bridgehead atoms. The van der Waals surface area contributed by atoms with Crippen LogP contribution >= 0.6 is 0 Å². The van der Waals surface area contributed by atoms with Gasteiger partial charge in [0.05, 0.1) is 16.7 Å². The van der Waals surface area contributed by atoms with E-state index in [2.05, 4.69) is 4.72 Å². The van der Waals surface area contributed by atoms with Crippen molar-refractivity contribution in [1.29, 1.82) is 0 Å². The Morgan fingerprint density at radius 1 is 1.05 bits per heavy atom. The molecule has 0 aromatic heterocycles. The topological polar surface area (TPSA) is 80.3 Å². The molecule has 0 fully saturated rings. The third-order valence-corrected chi connectivity index (χ3v) is 6.76. The fraction of sp³-hybridized carbons (Fsp3) is 0.143. The SMILES string of the molecule is O=S1(=O)C[C@H](NS(=O)(=O)c2ccccc2F)c2ccccc21. The van der Waals surface area contributed by atoms with Crippen LogP contribution in [0.5, 0.6) is 0 Å². The highest BCUT2D eigenvalue weighted by Gasteiger charge is 2.37. The molecule has 1 aliphatic rings. The average Bonchev–Trinajstić information content (AvgIpc) is 2.70. The van der Waals surface area contributed by atoms with Crippen molar-refractivity contribution in [2.24, 2.45) is 0 Å². The lowest BCUT2D eigenvalue weighted by molar-refractivity contribution is 0.547. The van der Waals surface area contributed by atoms with E-state index in [4.69, 9.17) is 0 Å². The van der Waals surface area contributed by atoms with Gasteiger partial charge in [0.25, 0.3) is 0 Å². The Kier molecular flexibility index (Phi) is 3.54. The quantitative estimate of drug-likeness (QED) is 0.920. The maximum Gasteiger partial charge on any atom is 0.244 e. The molecule has 22 heavy (non-hydrogen) atoms. The number of rotatable bonds is 3. The lowest BCUT2D eigenvalue weighted by Gasteiger charge is -2.13. The van der Waals surface area contributed by atoms with Gasteiger partial charge in [-0.3, -0.25) is 0 Å². The molecule has 0 radical (unpaired) electrons. The first-order valence-electron chi connectivity index (χ1n) is 6.40. The summed E-state index contributed by atoms with van der Waals surface area (Å²) in [7, 11) is -7.70. The molecule has 0 spiro atoms. The van der Waals surface area contributed by atoms with Crippen molar-refractivity contribution < 1.29 is 21.2 Å².